The highest BCUT2D eigenvalue weighted by Crippen LogP contribution is 2.25. The summed E-state index contributed by atoms with van der Waals surface area (Å²) in [5.74, 6) is 1.76. The number of hydrogen-bond acceptors (Lipinski definition) is 4. The molecule has 0 N–H and O–H groups in total. The second kappa shape index (κ2) is 5.99. The summed E-state index contributed by atoms with van der Waals surface area (Å²) in [5.41, 5.74) is 2.32. The first-order valence-electron chi connectivity index (χ1n) is 7.56. The van der Waals surface area contributed by atoms with Crippen LogP contribution in [0.3, 0.4) is 0 Å². The van der Waals surface area contributed by atoms with E-state index in [4.69, 9.17) is 18.9 Å². The molecule has 0 aliphatic carbocycles. The largest absolute Gasteiger partial charge is 0.491 e. The van der Waals surface area contributed by atoms with Crippen LogP contribution < -0.4 is 9.47 Å². The Labute approximate surface area is 129 Å². The molecule has 2 atom stereocenters. The van der Waals surface area contributed by atoms with Crippen LogP contribution in [0.25, 0.3) is 11.1 Å². The van der Waals surface area contributed by atoms with Crippen molar-refractivity contribution in [3.63, 3.8) is 0 Å². The molecule has 0 aromatic heterocycles. The van der Waals surface area contributed by atoms with E-state index in [0.29, 0.717) is 13.2 Å². The van der Waals surface area contributed by atoms with E-state index in [9.17, 15) is 0 Å². The molecular formula is C18H18O4. The highest BCUT2D eigenvalue weighted by Gasteiger charge is 2.23. The van der Waals surface area contributed by atoms with Crippen LogP contribution in [0.5, 0.6) is 11.5 Å². The second-order valence-electron chi connectivity index (χ2n) is 5.58. The highest BCUT2D eigenvalue weighted by atomic mass is 16.6. The number of hydrogen-bond donors (Lipinski definition) is 0. The number of rotatable bonds is 7. The Bertz CT molecular complexity index is 555. The summed E-state index contributed by atoms with van der Waals surface area (Å²) in [6.07, 6.45) is 0.571. The zero-order chi connectivity index (χ0) is 14.8. The van der Waals surface area contributed by atoms with E-state index in [2.05, 4.69) is 24.3 Å². The standard InChI is InChI=1S/C18H18O4/c1-5-15(19-9-17-11-21-17)6-2-13(1)14-3-7-16(8-4-14)20-10-18-12-22-18/h1-8,17-18H,9-12H2/t17-,18?/m1/s1. The maximum Gasteiger partial charge on any atom is 0.119 e. The number of ether oxygens (including phenoxy) is 4. The molecule has 22 heavy (non-hydrogen) atoms. The van der Waals surface area contributed by atoms with Crippen LogP contribution >= 0.6 is 0 Å². The van der Waals surface area contributed by atoms with Gasteiger partial charge in [-0.05, 0) is 35.4 Å². The normalized spacial score (nSPS) is 22.2. The molecule has 2 saturated heterocycles. The molecule has 2 fully saturated rings. The predicted molar refractivity (Wildman–Crippen MR) is 82.3 cm³/mol. The van der Waals surface area contributed by atoms with E-state index in [-0.39, 0.29) is 12.2 Å². The molecule has 114 valence electrons. The van der Waals surface area contributed by atoms with Crippen molar-refractivity contribution < 1.29 is 18.9 Å². The van der Waals surface area contributed by atoms with Gasteiger partial charge in [0.2, 0.25) is 0 Å². The Morgan fingerprint density at radius 2 is 1.05 bits per heavy atom. The molecule has 2 aromatic carbocycles. The first-order chi connectivity index (χ1) is 10.9. The summed E-state index contributed by atoms with van der Waals surface area (Å²) in [7, 11) is 0. The van der Waals surface area contributed by atoms with Gasteiger partial charge in [0.15, 0.2) is 0 Å². The van der Waals surface area contributed by atoms with E-state index in [1.165, 1.54) is 0 Å². The minimum atomic E-state index is 0.285. The molecule has 1 unspecified atom stereocenters. The van der Waals surface area contributed by atoms with Gasteiger partial charge in [-0.15, -0.1) is 0 Å². The quantitative estimate of drug-likeness (QED) is 0.737. The summed E-state index contributed by atoms with van der Waals surface area (Å²) in [6, 6.07) is 16.2. The van der Waals surface area contributed by atoms with Gasteiger partial charge in [0.25, 0.3) is 0 Å². The van der Waals surface area contributed by atoms with Gasteiger partial charge < -0.3 is 18.9 Å². The average molecular weight is 298 g/mol. The molecule has 2 aliphatic heterocycles. The van der Waals surface area contributed by atoms with Crippen molar-refractivity contribution in [1.82, 2.24) is 0 Å². The minimum Gasteiger partial charge on any atom is -0.491 e. The van der Waals surface area contributed by atoms with Gasteiger partial charge in [-0.2, -0.15) is 0 Å². The maximum absolute atomic E-state index is 5.64. The van der Waals surface area contributed by atoms with E-state index < -0.39 is 0 Å². The first-order valence-corrected chi connectivity index (χ1v) is 7.56. The minimum absolute atomic E-state index is 0.285. The highest BCUT2D eigenvalue weighted by molar-refractivity contribution is 5.64. The van der Waals surface area contributed by atoms with Crippen molar-refractivity contribution in [2.24, 2.45) is 0 Å². The van der Waals surface area contributed by atoms with Crippen molar-refractivity contribution in [1.29, 1.82) is 0 Å². The molecule has 2 heterocycles. The van der Waals surface area contributed by atoms with Crippen LogP contribution in [0, 0.1) is 0 Å². The maximum atomic E-state index is 5.64. The molecule has 2 aromatic rings. The molecular weight excluding hydrogens is 280 g/mol. The van der Waals surface area contributed by atoms with Crippen molar-refractivity contribution in [3.8, 4) is 22.6 Å². The lowest BCUT2D eigenvalue weighted by Gasteiger charge is -2.08. The Balaban J connectivity index is 1.37. The fourth-order valence-corrected chi connectivity index (χ4v) is 2.19. The molecule has 0 saturated carbocycles. The Kier molecular flexibility index (Phi) is 3.70. The molecule has 0 radical (unpaired) electrons. The molecule has 0 amide bonds. The van der Waals surface area contributed by atoms with Crippen LogP contribution in [-0.2, 0) is 9.47 Å². The molecule has 4 nitrogen and oxygen atoms in total. The van der Waals surface area contributed by atoms with Crippen LogP contribution in [0.4, 0.5) is 0 Å². The first kappa shape index (κ1) is 13.6. The van der Waals surface area contributed by atoms with Crippen LogP contribution in [-0.4, -0.2) is 38.6 Å². The van der Waals surface area contributed by atoms with Crippen molar-refractivity contribution in [2.45, 2.75) is 12.2 Å². The SMILES string of the molecule is c1cc(-c2ccc(OC[C@@H]3CO3)cc2)ccc1OCC1CO1. The smallest absolute Gasteiger partial charge is 0.119 e. The van der Waals surface area contributed by atoms with Crippen LogP contribution in [0.1, 0.15) is 0 Å². The molecule has 0 spiro atoms. The summed E-state index contributed by atoms with van der Waals surface area (Å²) in [5, 5.41) is 0. The zero-order valence-electron chi connectivity index (χ0n) is 12.2. The molecule has 4 heteroatoms. The monoisotopic (exact) mass is 298 g/mol. The van der Waals surface area contributed by atoms with E-state index >= 15 is 0 Å². The lowest BCUT2D eigenvalue weighted by molar-refractivity contribution is 0.263. The Morgan fingerprint density at radius 1 is 0.682 bits per heavy atom. The van der Waals surface area contributed by atoms with E-state index in [1.807, 2.05) is 24.3 Å². The van der Waals surface area contributed by atoms with Gasteiger partial charge in [-0.3, -0.25) is 0 Å². The van der Waals surface area contributed by atoms with Crippen molar-refractivity contribution >= 4 is 0 Å². The molecule has 0 bridgehead atoms. The molecule has 2 aliphatic rings. The summed E-state index contributed by atoms with van der Waals surface area (Å²) in [6.45, 7) is 2.91. The fourth-order valence-electron chi connectivity index (χ4n) is 2.19. The number of benzene rings is 2. The third kappa shape index (κ3) is 3.59. The summed E-state index contributed by atoms with van der Waals surface area (Å²) >= 11 is 0. The van der Waals surface area contributed by atoms with Gasteiger partial charge in [0.1, 0.15) is 36.9 Å². The van der Waals surface area contributed by atoms with E-state index in [0.717, 1.165) is 35.8 Å². The van der Waals surface area contributed by atoms with Crippen LogP contribution in [0.15, 0.2) is 48.5 Å². The van der Waals surface area contributed by atoms with Crippen molar-refractivity contribution in [3.05, 3.63) is 48.5 Å². The third-order valence-corrected chi connectivity index (χ3v) is 3.72. The summed E-state index contributed by atoms with van der Waals surface area (Å²) in [4.78, 5) is 0. The van der Waals surface area contributed by atoms with Crippen molar-refractivity contribution in [2.75, 3.05) is 26.4 Å². The fraction of sp³-hybridized carbons (Fsp3) is 0.333. The van der Waals surface area contributed by atoms with Gasteiger partial charge in [0, 0.05) is 0 Å². The second-order valence-corrected chi connectivity index (χ2v) is 5.58. The topological polar surface area (TPSA) is 43.5 Å². The third-order valence-electron chi connectivity index (χ3n) is 3.72. The predicted octanol–water partition coefficient (Wildman–Crippen LogP) is 2.91. The van der Waals surface area contributed by atoms with E-state index in [1.54, 1.807) is 0 Å². The van der Waals surface area contributed by atoms with Gasteiger partial charge in [-0.1, -0.05) is 24.3 Å². The average Bonchev–Trinajstić information content (AvgIpc) is 3.47. The van der Waals surface area contributed by atoms with Gasteiger partial charge in [0.05, 0.1) is 13.2 Å². The lowest BCUT2D eigenvalue weighted by atomic mass is 10.1. The Hall–Kier alpha value is -2.04. The zero-order valence-corrected chi connectivity index (χ0v) is 12.2. The lowest BCUT2D eigenvalue weighted by Crippen LogP contribution is -2.03. The van der Waals surface area contributed by atoms with Gasteiger partial charge in [-0.25, -0.2) is 0 Å². The van der Waals surface area contributed by atoms with Crippen LogP contribution in [0.2, 0.25) is 0 Å². The molecule has 4 rings (SSSR count). The number of epoxide rings is 2. The summed E-state index contributed by atoms with van der Waals surface area (Å²) < 4.78 is 21.5. The van der Waals surface area contributed by atoms with Gasteiger partial charge >= 0.3 is 0 Å². The Morgan fingerprint density at radius 3 is 1.36 bits per heavy atom.